The van der Waals surface area contributed by atoms with Gasteiger partial charge in [0.1, 0.15) is 5.75 Å². The molecule has 0 aliphatic rings. The minimum Gasteiger partial charge on any atom is -0.496 e. The standard InChI is InChI=1S/C13H18O2S/c1-9-7-10(2)13(15-3)11(8-9)12(14)5-6-16-4/h7-8H,5-6H2,1-4H3. The highest BCUT2D eigenvalue weighted by Crippen LogP contribution is 2.26. The van der Waals surface area contributed by atoms with Gasteiger partial charge >= 0.3 is 0 Å². The average Bonchev–Trinajstić information content (AvgIpc) is 2.24. The molecule has 3 heteroatoms. The Bertz CT molecular complexity index is 386. The Morgan fingerprint density at radius 2 is 2.06 bits per heavy atom. The van der Waals surface area contributed by atoms with Gasteiger partial charge in [-0.1, -0.05) is 6.07 Å². The lowest BCUT2D eigenvalue weighted by Crippen LogP contribution is -2.05. The Morgan fingerprint density at radius 3 is 2.62 bits per heavy atom. The summed E-state index contributed by atoms with van der Waals surface area (Å²) in [4.78, 5) is 12.0. The van der Waals surface area contributed by atoms with Gasteiger partial charge in [0, 0.05) is 12.2 Å². The molecule has 88 valence electrons. The summed E-state index contributed by atoms with van der Waals surface area (Å²) in [7, 11) is 1.61. The largest absolute Gasteiger partial charge is 0.496 e. The van der Waals surface area contributed by atoms with Gasteiger partial charge in [-0.15, -0.1) is 0 Å². The van der Waals surface area contributed by atoms with Crippen LogP contribution in [0.25, 0.3) is 0 Å². The minimum absolute atomic E-state index is 0.165. The molecule has 0 N–H and O–H groups in total. The third kappa shape index (κ3) is 3.01. The van der Waals surface area contributed by atoms with E-state index in [0.29, 0.717) is 12.0 Å². The summed E-state index contributed by atoms with van der Waals surface area (Å²) in [5, 5.41) is 0. The first kappa shape index (κ1) is 13.1. The van der Waals surface area contributed by atoms with E-state index in [1.807, 2.05) is 32.2 Å². The van der Waals surface area contributed by atoms with Crippen molar-refractivity contribution in [3.05, 3.63) is 28.8 Å². The molecule has 0 heterocycles. The van der Waals surface area contributed by atoms with Gasteiger partial charge in [0.2, 0.25) is 0 Å². The first-order chi connectivity index (χ1) is 7.60. The molecule has 16 heavy (non-hydrogen) atoms. The highest BCUT2D eigenvalue weighted by molar-refractivity contribution is 7.98. The maximum atomic E-state index is 12.0. The van der Waals surface area contributed by atoms with E-state index in [-0.39, 0.29) is 5.78 Å². The molecule has 1 rings (SSSR count). The predicted octanol–water partition coefficient (Wildman–Crippen LogP) is 3.25. The van der Waals surface area contributed by atoms with Crippen LogP contribution in [0.15, 0.2) is 12.1 Å². The highest BCUT2D eigenvalue weighted by Gasteiger charge is 2.14. The summed E-state index contributed by atoms with van der Waals surface area (Å²) >= 11 is 1.68. The van der Waals surface area contributed by atoms with Crippen LogP contribution in [0, 0.1) is 13.8 Å². The quantitative estimate of drug-likeness (QED) is 0.737. The molecule has 0 saturated carbocycles. The number of hydrogen-bond donors (Lipinski definition) is 0. The molecule has 0 amide bonds. The van der Waals surface area contributed by atoms with Crippen LogP contribution in [0.5, 0.6) is 5.75 Å². The number of methoxy groups -OCH3 is 1. The van der Waals surface area contributed by atoms with Crippen LogP contribution in [0.3, 0.4) is 0 Å². The van der Waals surface area contributed by atoms with Crippen LogP contribution < -0.4 is 4.74 Å². The SMILES string of the molecule is COc1c(C)cc(C)cc1C(=O)CCSC. The van der Waals surface area contributed by atoms with Crippen LogP contribution in [-0.2, 0) is 0 Å². The van der Waals surface area contributed by atoms with Crippen molar-refractivity contribution < 1.29 is 9.53 Å². The van der Waals surface area contributed by atoms with Crippen molar-refractivity contribution in [2.24, 2.45) is 0 Å². The molecule has 1 aromatic carbocycles. The average molecular weight is 238 g/mol. The van der Waals surface area contributed by atoms with Crippen molar-refractivity contribution in [1.82, 2.24) is 0 Å². The second-order valence-electron chi connectivity index (χ2n) is 3.83. The number of carbonyl (C=O) groups excluding carboxylic acids is 1. The minimum atomic E-state index is 0.165. The molecule has 0 aromatic heterocycles. The number of ether oxygens (including phenoxy) is 1. The Balaban J connectivity index is 3.05. The number of hydrogen-bond acceptors (Lipinski definition) is 3. The molecule has 0 unspecified atom stereocenters. The lowest BCUT2D eigenvalue weighted by Gasteiger charge is -2.11. The van der Waals surface area contributed by atoms with Crippen molar-refractivity contribution >= 4 is 17.5 Å². The topological polar surface area (TPSA) is 26.3 Å². The molecule has 2 nitrogen and oxygen atoms in total. The molecule has 0 aliphatic carbocycles. The number of benzene rings is 1. The van der Waals surface area contributed by atoms with E-state index in [9.17, 15) is 4.79 Å². The van der Waals surface area contributed by atoms with E-state index < -0.39 is 0 Å². The van der Waals surface area contributed by atoms with Gasteiger partial charge in [-0.05, 0) is 37.3 Å². The normalized spacial score (nSPS) is 10.2. The number of ketones is 1. The lowest BCUT2D eigenvalue weighted by molar-refractivity contribution is 0.0986. The van der Waals surface area contributed by atoms with Crippen LogP contribution in [0.2, 0.25) is 0 Å². The van der Waals surface area contributed by atoms with Gasteiger partial charge in [0.05, 0.1) is 12.7 Å². The van der Waals surface area contributed by atoms with E-state index in [4.69, 9.17) is 4.74 Å². The Labute approximate surface area is 101 Å². The third-order valence-electron chi connectivity index (χ3n) is 2.46. The number of rotatable bonds is 5. The van der Waals surface area contributed by atoms with E-state index >= 15 is 0 Å². The van der Waals surface area contributed by atoms with Gasteiger partial charge < -0.3 is 4.74 Å². The van der Waals surface area contributed by atoms with Crippen molar-refractivity contribution in [2.75, 3.05) is 19.1 Å². The van der Waals surface area contributed by atoms with E-state index in [1.54, 1.807) is 18.9 Å². The summed E-state index contributed by atoms with van der Waals surface area (Å²) in [5.41, 5.74) is 2.84. The molecule has 0 atom stereocenters. The van der Waals surface area contributed by atoms with Crippen molar-refractivity contribution in [3.8, 4) is 5.75 Å². The van der Waals surface area contributed by atoms with Crippen molar-refractivity contribution in [2.45, 2.75) is 20.3 Å². The zero-order valence-corrected chi connectivity index (χ0v) is 11.1. The summed E-state index contributed by atoms with van der Waals surface area (Å²) in [6, 6.07) is 3.94. The Kier molecular flexibility index (Phi) is 4.87. The number of thioether (sulfide) groups is 1. The van der Waals surface area contributed by atoms with Crippen LogP contribution >= 0.6 is 11.8 Å². The predicted molar refractivity (Wildman–Crippen MR) is 69.8 cm³/mol. The maximum Gasteiger partial charge on any atom is 0.167 e. The number of carbonyl (C=O) groups is 1. The van der Waals surface area contributed by atoms with Gasteiger partial charge in [-0.2, -0.15) is 11.8 Å². The first-order valence-corrected chi connectivity index (χ1v) is 6.67. The monoisotopic (exact) mass is 238 g/mol. The van der Waals surface area contributed by atoms with Gasteiger partial charge in [-0.3, -0.25) is 4.79 Å². The summed E-state index contributed by atoms with van der Waals surface area (Å²) < 4.78 is 5.30. The lowest BCUT2D eigenvalue weighted by atomic mass is 10.0. The third-order valence-corrected chi connectivity index (χ3v) is 3.07. The first-order valence-electron chi connectivity index (χ1n) is 5.27. The van der Waals surface area contributed by atoms with Crippen molar-refractivity contribution in [3.63, 3.8) is 0 Å². The smallest absolute Gasteiger partial charge is 0.167 e. The summed E-state index contributed by atoms with van der Waals surface area (Å²) in [5.74, 6) is 1.74. The van der Waals surface area contributed by atoms with Gasteiger partial charge in [0.25, 0.3) is 0 Å². The molecule has 0 radical (unpaired) electrons. The fourth-order valence-corrected chi connectivity index (χ4v) is 2.15. The molecule has 1 aromatic rings. The Morgan fingerprint density at radius 1 is 1.38 bits per heavy atom. The fraction of sp³-hybridized carbons (Fsp3) is 0.462. The van der Waals surface area contributed by atoms with Crippen LogP contribution in [0.1, 0.15) is 27.9 Å². The number of aryl methyl sites for hydroxylation is 2. The second kappa shape index (κ2) is 5.94. The molecule has 0 fully saturated rings. The zero-order valence-electron chi connectivity index (χ0n) is 10.3. The maximum absolute atomic E-state index is 12.0. The van der Waals surface area contributed by atoms with Crippen LogP contribution in [-0.4, -0.2) is 24.9 Å². The molecular formula is C13H18O2S. The van der Waals surface area contributed by atoms with E-state index in [0.717, 1.165) is 22.6 Å². The summed E-state index contributed by atoms with van der Waals surface area (Å²) in [6.45, 7) is 3.97. The number of Topliss-reactive ketones (excluding diaryl/α,β-unsaturated/α-hetero) is 1. The van der Waals surface area contributed by atoms with Crippen LogP contribution in [0.4, 0.5) is 0 Å². The molecule has 0 aliphatic heterocycles. The molecule has 0 bridgehead atoms. The highest BCUT2D eigenvalue weighted by atomic mass is 32.2. The second-order valence-corrected chi connectivity index (χ2v) is 4.81. The summed E-state index contributed by atoms with van der Waals surface area (Å²) in [6.07, 6.45) is 2.58. The zero-order chi connectivity index (χ0) is 12.1. The van der Waals surface area contributed by atoms with E-state index in [1.165, 1.54) is 0 Å². The van der Waals surface area contributed by atoms with Gasteiger partial charge in [0.15, 0.2) is 5.78 Å². The molecular weight excluding hydrogens is 220 g/mol. The van der Waals surface area contributed by atoms with E-state index in [2.05, 4.69) is 0 Å². The molecule has 0 saturated heterocycles. The Hall–Kier alpha value is -0.960. The van der Waals surface area contributed by atoms with Gasteiger partial charge in [-0.25, -0.2) is 0 Å². The fourth-order valence-electron chi connectivity index (χ4n) is 1.76. The molecule has 0 spiro atoms. The van der Waals surface area contributed by atoms with Crippen molar-refractivity contribution in [1.29, 1.82) is 0 Å².